The van der Waals surface area contributed by atoms with Crippen molar-refractivity contribution in [1.29, 1.82) is 0 Å². The minimum atomic E-state index is -0.487. The van der Waals surface area contributed by atoms with Gasteiger partial charge < -0.3 is 20.3 Å². The predicted molar refractivity (Wildman–Crippen MR) is 131 cm³/mol. The SMILES string of the molecule is CC(C)(C)OC(=O)NC1CC(NCC2CCN(c3ccc(C4CCC(=O)NC4=O)cc3F)CC2)C1. The lowest BCUT2D eigenvalue weighted by molar-refractivity contribution is -0.134. The van der Waals surface area contributed by atoms with Gasteiger partial charge in [-0.05, 0) is 83.0 Å². The zero-order chi connectivity index (χ0) is 25.2. The molecular weight excluding hydrogens is 451 g/mol. The molecule has 35 heavy (non-hydrogen) atoms. The molecule has 2 saturated heterocycles. The average molecular weight is 489 g/mol. The second kappa shape index (κ2) is 10.5. The Hall–Kier alpha value is -2.68. The minimum Gasteiger partial charge on any atom is -0.444 e. The summed E-state index contributed by atoms with van der Waals surface area (Å²) >= 11 is 0. The van der Waals surface area contributed by atoms with Crippen LogP contribution in [0.2, 0.25) is 0 Å². The van der Waals surface area contributed by atoms with Crippen molar-refractivity contribution >= 4 is 23.6 Å². The number of amides is 3. The molecule has 3 aliphatic rings. The van der Waals surface area contributed by atoms with Gasteiger partial charge in [0.05, 0.1) is 11.6 Å². The van der Waals surface area contributed by atoms with Gasteiger partial charge in [0.1, 0.15) is 11.4 Å². The van der Waals surface area contributed by atoms with E-state index in [4.69, 9.17) is 4.74 Å². The Bertz CT molecular complexity index is 949. The van der Waals surface area contributed by atoms with Crippen LogP contribution in [0.15, 0.2) is 18.2 Å². The van der Waals surface area contributed by atoms with E-state index >= 15 is 0 Å². The first kappa shape index (κ1) is 25.4. The molecule has 1 aliphatic carbocycles. The molecule has 3 fully saturated rings. The van der Waals surface area contributed by atoms with Crippen LogP contribution in [-0.4, -0.2) is 55.2 Å². The highest BCUT2D eigenvalue weighted by atomic mass is 19.1. The molecule has 0 spiro atoms. The third-order valence-corrected chi connectivity index (χ3v) is 7.12. The molecule has 0 aromatic heterocycles. The van der Waals surface area contributed by atoms with E-state index < -0.39 is 11.5 Å². The number of rotatable bonds is 6. The fraction of sp³-hybridized carbons (Fsp3) is 0.654. The summed E-state index contributed by atoms with van der Waals surface area (Å²) in [7, 11) is 0. The van der Waals surface area contributed by atoms with Gasteiger partial charge in [-0.15, -0.1) is 0 Å². The van der Waals surface area contributed by atoms with Gasteiger partial charge in [-0.25, -0.2) is 9.18 Å². The number of carbonyl (C=O) groups excluding carboxylic acids is 3. The van der Waals surface area contributed by atoms with E-state index in [1.807, 2.05) is 26.8 Å². The minimum absolute atomic E-state index is 0.162. The maximum atomic E-state index is 14.9. The lowest BCUT2D eigenvalue weighted by Gasteiger charge is -2.39. The van der Waals surface area contributed by atoms with Gasteiger partial charge in [0.15, 0.2) is 0 Å². The van der Waals surface area contributed by atoms with E-state index in [0.717, 1.165) is 45.3 Å². The topological polar surface area (TPSA) is 99.8 Å². The number of ether oxygens (including phenoxy) is 1. The molecule has 1 atom stereocenters. The summed E-state index contributed by atoms with van der Waals surface area (Å²) in [5, 5.41) is 8.87. The quantitative estimate of drug-likeness (QED) is 0.532. The van der Waals surface area contributed by atoms with Crippen LogP contribution in [-0.2, 0) is 14.3 Å². The van der Waals surface area contributed by atoms with Gasteiger partial charge >= 0.3 is 6.09 Å². The lowest BCUT2D eigenvalue weighted by atomic mass is 9.86. The Kier molecular flexibility index (Phi) is 7.64. The van der Waals surface area contributed by atoms with E-state index in [2.05, 4.69) is 20.9 Å². The molecule has 8 nitrogen and oxygen atoms in total. The summed E-state index contributed by atoms with van der Waals surface area (Å²) in [6.45, 7) is 8.06. The molecule has 1 saturated carbocycles. The maximum Gasteiger partial charge on any atom is 0.407 e. The van der Waals surface area contributed by atoms with Crippen LogP contribution in [0.3, 0.4) is 0 Å². The van der Waals surface area contributed by atoms with E-state index in [-0.39, 0.29) is 36.2 Å². The van der Waals surface area contributed by atoms with Gasteiger partial charge in [-0.1, -0.05) is 6.07 Å². The number of nitrogens with one attached hydrogen (secondary N) is 3. The van der Waals surface area contributed by atoms with E-state index in [0.29, 0.717) is 29.6 Å². The van der Waals surface area contributed by atoms with Crippen LogP contribution >= 0.6 is 0 Å². The zero-order valence-electron chi connectivity index (χ0n) is 20.9. The molecule has 3 amide bonds. The molecule has 9 heteroatoms. The molecular formula is C26H37FN4O4. The van der Waals surface area contributed by atoms with Crippen LogP contribution in [0.5, 0.6) is 0 Å². The number of hydrogen-bond acceptors (Lipinski definition) is 6. The second-order valence-electron chi connectivity index (χ2n) is 11.1. The molecule has 4 rings (SSSR count). The third-order valence-electron chi connectivity index (χ3n) is 7.12. The van der Waals surface area contributed by atoms with Gasteiger partial charge in [0, 0.05) is 31.6 Å². The van der Waals surface area contributed by atoms with Gasteiger partial charge in [-0.2, -0.15) is 0 Å². The third kappa shape index (κ3) is 6.72. The summed E-state index contributed by atoms with van der Waals surface area (Å²) < 4.78 is 20.2. The number of carbonyl (C=O) groups is 3. The molecule has 1 aromatic carbocycles. The number of benzene rings is 1. The van der Waals surface area contributed by atoms with Crippen molar-refractivity contribution in [1.82, 2.24) is 16.0 Å². The molecule has 2 aliphatic heterocycles. The van der Waals surface area contributed by atoms with Crippen molar-refractivity contribution < 1.29 is 23.5 Å². The van der Waals surface area contributed by atoms with Crippen LogP contribution in [0.1, 0.15) is 70.8 Å². The van der Waals surface area contributed by atoms with E-state index in [9.17, 15) is 18.8 Å². The highest BCUT2D eigenvalue weighted by Gasteiger charge is 2.33. The molecule has 0 radical (unpaired) electrons. The smallest absolute Gasteiger partial charge is 0.407 e. The van der Waals surface area contributed by atoms with Crippen molar-refractivity contribution in [2.75, 3.05) is 24.5 Å². The first-order valence-corrected chi connectivity index (χ1v) is 12.7. The van der Waals surface area contributed by atoms with Gasteiger partial charge in [-0.3, -0.25) is 14.9 Å². The van der Waals surface area contributed by atoms with E-state index in [1.165, 1.54) is 6.07 Å². The highest BCUT2D eigenvalue weighted by molar-refractivity contribution is 6.00. The normalized spacial score (nSPS) is 25.6. The van der Waals surface area contributed by atoms with E-state index in [1.54, 1.807) is 6.07 Å². The number of halogens is 1. The Morgan fingerprint density at radius 1 is 1.14 bits per heavy atom. The molecule has 0 bridgehead atoms. The Morgan fingerprint density at radius 3 is 2.49 bits per heavy atom. The predicted octanol–water partition coefficient (Wildman–Crippen LogP) is 3.21. The van der Waals surface area contributed by atoms with Crippen molar-refractivity contribution in [3.05, 3.63) is 29.6 Å². The van der Waals surface area contributed by atoms with Crippen molar-refractivity contribution in [2.24, 2.45) is 5.92 Å². The summed E-state index contributed by atoms with van der Waals surface area (Å²) in [4.78, 5) is 37.4. The van der Waals surface area contributed by atoms with Crippen LogP contribution in [0.25, 0.3) is 0 Å². The molecule has 192 valence electrons. The van der Waals surface area contributed by atoms with Crippen molar-refractivity contribution in [3.8, 4) is 0 Å². The van der Waals surface area contributed by atoms with Crippen LogP contribution in [0, 0.1) is 11.7 Å². The molecule has 3 N–H and O–H groups in total. The monoisotopic (exact) mass is 488 g/mol. The van der Waals surface area contributed by atoms with Crippen LogP contribution in [0.4, 0.5) is 14.9 Å². The van der Waals surface area contributed by atoms with Crippen molar-refractivity contribution in [2.45, 2.75) is 82.9 Å². The molecule has 2 heterocycles. The first-order valence-electron chi connectivity index (χ1n) is 12.7. The molecule has 1 aromatic rings. The number of alkyl carbamates (subject to hydrolysis) is 1. The summed E-state index contributed by atoms with van der Waals surface area (Å²) in [5.41, 5.74) is 0.705. The Morgan fingerprint density at radius 2 is 1.86 bits per heavy atom. The van der Waals surface area contributed by atoms with Gasteiger partial charge in [0.2, 0.25) is 11.8 Å². The highest BCUT2D eigenvalue weighted by Crippen LogP contribution is 2.31. The Balaban J connectivity index is 1.18. The first-order chi connectivity index (χ1) is 16.6. The second-order valence-corrected chi connectivity index (χ2v) is 11.1. The number of hydrogen-bond donors (Lipinski definition) is 3. The average Bonchev–Trinajstić information content (AvgIpc) is 2.74. The Labute approximate surface area is 206 Å². The maximum absolute atomic E-state index is 14.9. The largest absolute Gasteiger partial charge is 0.444 e. The summed E-state index contributed by atoms with van der Waals surface area (Å²) in [6.07, 6.45) is 4.11. The summed E-state index contributed by atoms with van der Waals surface area (Å²) in [5.74, 6) is -0.870. The van der Waals surface area contributed by atoms with Crippen LogP contribution < -0.4 is 20.9 Å². The molecule has 1 unspecified atom stereocenters. The zero-order valence-corrected chi connectivity index (χ0v) is 20.9. The standard InChI is InChI=1S/C26H37FN4O4/c1-26(2,3)35-25(34)29-19-13-18(14-19)28-15-16-8-10-31(11-9-16)22-6-4-17(12-21(22)27)20-5-7-23(32)30-24(20)33/h4,6,12,16,18-20,28H,5,7-11,13-15H2,1-3H3,(H,29,34)(H,30,32,33). The number of anilines is 1. The van der Waals surface area contributed by atoms with Crippen molar-refractivity contribution in [3.63, 3.8) is 0 Å². The number of nitrogens with zero attached hydrogens (tertiary/aromatic N) is 1. The fourth-order valence-electron chi connectivity index (χ4n) is 5.10. The summed E-state index contributed by atoms with van der Waals surface area (Å²) in [6, 6.07) is 5.59. The lowest BCUT2D eigenvalue weighted by Crippen LogP contribution is -2.54. The van der Waals surface area contributed by atoms with Gasteiger partial charge in [0.25, 0.3) is 0 Å². The fourth-order valence-corrected chi connectivity index (χ4v) is 5.10. The number of imide groups is 1. The number of piperidine rings is 2.